The Bertz CT molecular complexity index is 204. The quantitative estimate of drug-likeness (QED) is 0.626. The molecule has 1 rings (SSSR count). The van der Waals surface area contributed by atoms with Crippen LogP contribution >= 0.6 is 0 Å². The molecule has 0 aromatic carbocycles. The molecule has 1 aliphatic rings. The smallest absolute Gasteiger partial charge is 0.000803 e. The highest BCUT2D eigenvalue weighted by Crippen LogP contribution is 2.49. The lowest BCUT2D eigenvalue weighted by Crippen LogP contribution is -2.37. The summed E-state index contributed by atoms with van der Waals surface area (Å²) in [6.45, 7) is 14.2. The molecule has 102 valence electrons. The second kappa shape index (κ2) is 6.78. The van der Waals surface area contributed by atoms with Crippen molar-refractivity contribution >= 4 is 0 Å². The van der Waals surface area contributed by atoms with Crippen molar-refractivity contribution in [2.24, 2.45) is 23.2 Å². The van der Waals surface area contributed by atoms with Gasteiger partial charge in [0.25, 0.3) is 0 Å². The second-order valence-corrected chi connectivity index (χ2v) is 6.84. The van der Waals surface area contributed by atoms with Crippen LogP contribution in [0.1, 0.15) is 66.7 Å². The van der Waals surface area contributed by atoms with Gasteiger partial charge in [-0.15, -0.1) is 0 Å². The van der Waals surface area contributed by atoms with Crippen LogP contribution < -0.4 is 5.32 Å². The first-order valence-electron chi connectivity index (χ1n) is 7.72. The fraction of sp³-hybridized carbons (Fsp3) is 1.00. The molecule has 17 heavy (non-hydrogen) atoms. The predicted octanol–water partition coefficient (Wildman–Crippen LogP) is 4.47. The molecule has 1 fully saturated rings. The van der Waals surface area contributed by atoms with Gasteiger partial charge in [-0.2, -0.15) is 0 Å². The monoisotopic (exact) mass is 239 g/mol. The zero-order valence-electron chi connectivity index (χ0n) is 12.7. The summed E-state index contributed by atoms with van der Waals surface area (Å²) in [5.41, 5.74) is 0.561. The van der Waals surface area contributed by atoms with Crippen molar-refractivity contribution < 1.29 is 0 Å². The molecule has 0 aromatic rings. The fourth-order valence-electron chi connectivity index (χ4n) is 3.05. The molecule has 0 saturated heterocycles. The van der Waals surface area contributed by atoms with Crippen molar-refractivity contribution in [3.05, 3.63) is 0 Å². The molecule has 1 N–H and O–H groups in total. The Hall–Kier alpha value is -0.0400. The van der Waals surface area contributed by atoms with E-state index < -0.39 is 0 Å². The Kier molecular flexibility index (Phi) is 5.99. The molecule has 1 unspecified atom stereocenters. The van der Waals surface area contributed by atoms with Crippen LogP contribution in [0.5, 0.6) is 0 Å². The van der Waals surface area contributed by atoms with Gasteiger partial charge in [0, 0.05) is 6.54 Å². The summed E-state index contributed by atoms with van der Waals surface area (Å²) in [5.74, 6) is 2.70. The summed E-state index contributed by atoms with van der Waals surface area (Å²) in [5, 5.41) is 3.70. The van der Waals surface area contributed by atoms with Gasteiger partial charge in [0.05, 0.1) is 0 Å². The average Bonchev–Trinajstić information content (AvgIpc) is 3.09. The van der Waals surface area contributed by atoms with Gasteiger partial charge in [-0.1, -0.05) is 47.5 Å². The largest absolute Gasteiger partial charge is 0.316 e. The Morgan fingerprint density at radius 2 is 1.76 bits per heavy atom. The summed E-state index contributed by atoms with van der Waals surface area (Å²) in [6.07, 6.45) is 7.07. The van der Waals surface area contributed by atoms with E-state index in [1.165, 1.54) is 45.2 Å². The van der Waals surface area contributed by atoms with E-state index in [2.05, 4.69) is 39.9 Å². The summed E-state index contributed by atoms with van der Waals surface area (Å²) >= 11 is 0. The Morgan fingerprint density at radius 1 is 1.18 bits per heavy atom. The first kappa shape index (κ1) is 15.0. The van der Waals surface area contributed by atoms with Crippen molar-refractivity contribution in [3.63, 3.8) is 0 Å². The van der Waals surface area contributed by atoms with E-state index in [4.69, 9.17) is 0 Å². The van der Waals surface area contributed by atoms with Gasteiger partial charge in [0.1, 0.15) is 0 Å². The molecule has 0 amide bonds. The van der Waals surface area contributed by atoms with Crippen LogP contribution in [0.3, 0.4) is 0 Å². The topological polar surface area (TPSA) is 12.0 Å². The molecular formula is C16H33N. The molecule has 1 heteroatoms. The van der Waals surface area contributed by atoms with Crippen LogP contribution in [0, 0.1) is 23.2 Å². The summed E-state index contributed by atoms with van der Waals surface area (Å²) in [6, 6.07) is 0. The molecular weight excluding hydrogens is 206 g/mol. The van der Waals surface area contributed by atoms with Gasteiger partial charge >= 0.3 is 0 Å². The molecule has 1 nitrogen and oxygen atoms in total. The van der Waals surface area contributed by atoms with Crippen molar-refractivity contribution in [1.82, 2.24) is 5.32 Å². The SMILES string of the molecule is CCC(CC)CC(C)(CNCC(C)C)C1CC1. The lowest BCUT2D eigenvalue weighted by Gasteiger charge is -2.34. The highest BCUT2D eigenvalue weighted by atomic mass is 14.9. The van der Waals surface area contributed by atoms with Crippen LogP contribution in [0.4, 0.5) is 0 Å². The number of rotatable bonds is 9. The zero-order chi connectivity index (χ0) is 12.9. The summed E-state index contributed by atoms with van der Waals surface area (Å²) in [7, 11) is 0. The maximum Gasteiger partial charge on any atom is 0.000803 e. The minimum absolute atomic E-state index is 0.561. The maximum absolute atomic E-state index is 3.70. The lowest BCUT2D eigenvalue weighted by atomic mass is 9.75. The molecule has 1 aliphatic carbocycles. The van der Waals surface area contributed by atoms with E-state index in [-0.39, 0.29) is 0 Å². The van der Waals surface area contributed by atoms with E-state index in [0.29, 0.717) is 5.41 Å². The Balaban J connectivity index is 2.43. The predicted molar refractivity (Wildman–Crippen MR) is 77.2 cm³/mol. The van der Waals surface area contributed by atoms with E-state index in [1.54, 1.807) is 0 Å². The van der Waals surface area contributed by atoms with E-state index in [0.717, 1.165) is 17.8 Å². The summed E-state index contributed by atoms with van der Waals surface area (Å²) in [4.78, 5) is 0. The molecule has 0 heterocycles. The molecule has 0 bridgehead atoms. The van der Waals surface area contributed by atoms with E-state index in [1.807, 2.05) is 0 Å². The maximum atomic E-state index is 3.70. The van der Waals surface area contributed by atoms with Crippen LogP contribution in [-0.4, -0.2) is 13.1 Å². The van der Waals surface area contributed by atoms with Gasteiger partial charge in [-0.3, -0.25) is 0 Å². The molecule has 0 aliphatic heterocycles. The molecule has 1 atom stereocenters. The van der Waals surface area contributed by atoms with Crippen LogP contribution in [0.15, 0.2) is 0 Å². The van der Waals surface area contributed by atoms with Crippen molar-refractivity contribution in [2.45, 2.75) is 66.7 Å². The second-order valence-electron chi connectivity index (χ2n) is 6.84. The number of hydrogen-bond donors (Lipinski definition) is 1. The van der Waals surface area contributed by atoms with Crippen LogP contribution in [0.2, 0.25) is 0 Å². The highest BCUT2D eigenvalue weighted by molar-refractivity contribution is 4.93. The average molecular weight is 239 g/mol. The summed E-state index contributed by atoms with van der Waals surface area (Å²) < 4.78 is 0. The fourth-order valence-corrected chi connectivity index (χ4v) is 3.05. The van der Waals surface area contributed by atoms with Gasteiger partial charge < -0.3 is 5.32 Å². The highest BCUT2D eigenvalue weighted by Gasteiger charge is 2.41. The van der Waals surface area contributed by atoms with E-state index >= 15 is 0 Å². The lowest BCUT2D eigenvalue weighted by molar-refractivity contribution is 0.186. The normalized spacial score (nSPS) is 19.9. The molecule has 1 saturated carbocycles. The molecule has 0 aromatic heterocycles. The Labute approximate surface area is 109 Å². The molecule has 0 radical (unpaired) electrons. The van der Waals surface area contributed by atoms with Crippen LogP contribution in [0.25, 0.3) is 0 Å². The van der Waals surface area contributed by atoms with Gasteiger partial charge in [-0.25, -0.2) is 0 Å². The van der Waals surface area contributed by atoms with Gasteiger partial charge in [-0.05, 0) is 49.0 Å². The Morgan fingerprint density at radius 3 is 2.18 bits per heavy atom. The third-order valence-corrected chi connectivity index (χ3v) is 4.55. The first-order chi connectivity index (χ1) is 8.01. The number of hydrogen-bond acceptors (Lipinski definition) is 1. The van der Waals surface area contributed by atoms with Crippen molar-refractivity contribution in [3.8, 4) is 0 Å². The minimum Gasteiger partial charge on any atom is -0.316 e. The zero-order valence-corrected chi connectivity index (χ0v) is 12.7. The van der Waals surface area contributed by atoms with Crippen molar-refractivity contribution in [1.29, 1.82) is 0 Å². The standard InChI is InChI=1S/C16H33N/c1-6-14(7-2)10-16(5,15-8-9-15)12-17-11-13(3)4/h13-15,17H,6-12H2,1-5H3. The minimum atomic E-state index is 0.561. The van der Waals surface area contributed by atoms with Gasteiger partial charge in [0.15, 0.2) is 0 Å². The number of nitrogens with one attached hydrogen (secondary N) is 1. The van der Waals surface area contributed by atoms with Gasteiger partial charge in [0.2, 0.25) is 0 Å². The van der Waals surface area contributed by atoms with Crippen molar-refractivity contribution in [2.75, 3.05) is 13.1 Å². The first-order valence-corrected chi connectivity index (χ1v) is 7.72. The molecule has 0 spiro atoms. The third kappa shape index (κ3) is 4.99. The van der Waals surface area contributed by atoms with Crippen LogP contribution in [-0.2, 0) is 0 Å². The third-order valence-electron chi connectivity index (χ3n) is 4.55. The van der Waals surface area contributed by atoms with E-state index in [9.17, 15) is 0 Å².